The van der Waals surface area contributed by atoms with E-state index in [4.69, 9.17) is 18.0 Å². The molecule has 0 saturated carbocycles. The van der Waals surface area contributed by atoms with Gasteiger partial charge in [0.25, 0.3) is 0 Å². The predicted octanol–water partition coefficient (Wildman–Crippen LogP) is 2.30. The molecule has 0 spiro atoms. The van der Waals surface area contributed by atoms with E-state index in [1.807, 2.05) is 13.8 Å². The monoisotopic (exact) mass is 209 g/mol. The van der Waals surface area contributed by atoms with Crippen molar-refractivity contribution in [2.45, 2.75) is 19.8 Å². The molecular formula is C10H12ClN3. The molecule has 1 aromatic rings. The zero-order valence-electron chi connectivity index (χ0n) is 8.21. The minimum Gasteiger partial charge on any atom is -0.359 e. The molecule has 0 radical (unpaired) electrons. The number of rotatable bonds is 3. The highest BCUT2D eigenvalue weighted by Crippen LogP contribution is 2.16. The van der Waals surface area contributed by atoms with Gasteiger partial charge in [-0.3, -0.25) is 0 Å². The van der Waals surface area contributed by atoms with Crippen LogP contribution in [0.3, 0.4) is 0 Å². The smallest absolute Gasteiger partial charge is 0.135 e. The van der Waals surface area contributed by atoms with Crippen LogP contribution in [0.25, 0.3) is 0 Å². The van der Waals surface area contributed by atoms with Crippen LogP contribution in [0.15, 0.2) is 6.07 Å². The van der Waals surface area contributed by atoms with Crippen LogP contribution in [0.2, 0.25) is 5.15 Å². The van der Waals surface area contributed by atoms with Gasteiger partial charge in [0.15, 0.2) is 0 Å². The second kappa shape index (κ2) is 4.83. The first-order valence-electron chi connectivity index (χ1n) is 4.35. The van der Waals surface area contributed by atoms with E-state index in [1.54, 1.807) is 6.07 Å². The average molecular weight is 210 g/mol. The van der Waals surface area contributed by atoms with E-state index in [2.05, 4.69) is 21.2 Å². The maximum atomic E-state index is 5.83. The molecule has 0 aliphatic carbocycles. The van der Waals surface area contributed by atoms with E-state index in [0.717, 1.165) is 5.82 Å². The van der Waals surface area contributed by atoms with Gasteiger partial charge in [-0.2, -0.15) is 0 Å². The first kappa shape index (κ1) is 10.8. The molecular weight excluding hydrogens is 198 g/mol. The number of hydrogen-bond acceptors (Lipinski definition) is 3. The SMILES string of the molecule is C#CCNc1cc(Cl)nc(C(C)C)n1. The van der Waals surface area contributed by atoms with Crippen LogP contribution in [-0.2, 0) is 0 Å². The van der Waals surface area contributed by atoms with Crippen molar-refractivity contribution >= 4 is 17.4 Å². The number of halogens is 1. The number of anilines is 1. The van der Waals surface area contributed by atoms with Gasteiger partial charge in [-0.05, 0) is 0 Å². The Morgan fingerprint density at radius 2 is 2.29 bits per heavy atom. The molecule has 0 aliphatic rings. The maximum Gasteiger partial charge on any atom is 0.135 e. The predicted molar refractivity (Wildman–Crippen MR) is 58.5 cm³/mol. The van der Waals surface area contributed by atoms with Crippen LogP contribution >= 0.6 is 11.6 Å². The molecule has 1 N–H and O–H groups in total. The Kier molecular flexibility index (Phi) is 3.73. The summed E-state index contributed by atoms with van der Waals surface area (Å²) in [6.45, 7) is 4.46. The fourth-order valence-corrected chi connectivity index (χ4v) is 1.12. The van der Waals surface area contributed by atoms with Crippen LogP contribution < -0.4 is 5.32 Å². The van der Waals surface area contributed by atoms with Gasteiger partial charge in [0, 0.05) is 12.0 Å². The van der Waals surface area contributed by atoms with E-state index in [1.165, 1.54) is 0 Å². The highest BCUT2D eigenvalue weighted by atomic mass is 35.5. The molecule has 0 aliphatic heterocycles. The Hall–Kier alpha value is -1.27. The number of hydrogen-bond donors (Lipinski definition) is 1. The Bertz CT molecular complexity index is 355. The second-order valence-corrected chi connectivity index (χ2v) is 3.53. The van der Waals surface area contributed by atoms with E-state index >= 15 is 0 Å². The van der Waals surface area contributed by atoms with Crippen molar-refractivity contribution in [1.82, 2.24) is 9.97 Å². The Balaban J connectivity index is 2.90. The molecule has 1 heterocycles. The van der Waals surface area contributed by atoms with E-state index in [-0.39, 0.29) is 5.92 Å². The fraction of sp³-hybridized carbons (Fsp3) is 0.400. The van der Waals surface area contributed by atoms with Crippen molar-refractivity contribution < 1.29 is 0 Å². The summed E-state index contributed by atoms with van der Waals surface area (Å²) in [4.78, 5) is 8.37. The summed E-state index contributed by atoms with van der Waals surface area (Å²) in [5.41, 5.74) is 0. The third-order valence-corrected chi connectivity index (χ3v) is 1.79. The summed E-state index contributed by atoms with van der Waals surface area (Å²) in [6, 6.07) is 1.66. The summed E-state index contributed by atoms with van der Waals surface area (Å²) >= 11 is 5.83. The average Bonchev–Trinajstić information content (AvgIpc) is 2.14. The standard InChI is InChI=1S/C10H12ClN3/c1-4-5-12-9-6-8(11)13-10(14-9)7(2)3/h1,6-7H,5H2,2-3H3,(H,12,13,14). The van der Waals surface area contributed by atoms with Gasteiger partial charge in [-0.15, -0.1) is 6.42 Å². The normalized spacial score (nSPS) is 9.93. The molecule has 1 aromatic heterocycles. The zero-order chi connectivity index (χ0) is 10.6. The number of aromatic nitrogens is 2. The molecule has 3 nitrogen and oxygen atoms in total. The third kappa shape index (κ3) is 2.90. The lowest BCUT2D eigenvalue weighted by Crippen LogP contribution is -2.05. The zero-order valence-corrected chi connectivity index (χ0v) is 8.97. The summed E-state index contributed by atoms with van der Waals surface area (Å²) in [6.07, 6.45) is 5.12. The fourth-order valence-electron chi connectivity index (χ4n) is 0.926. The van der Waals surface area contributed by atoms with E-state index in [0.29, 0.717) is 17.5 Å². The topological polar surface area (TPSA) is 37.8 Å². The first-order valence-corrected chi connectivity index (χ1v) is 4.73. The maximum absolute atomic E-state index is 5.83. The lowest BCUT2D eigenvalue weighted by Gasteiger charge is -2.07. The summed E-state index contributed by atoms with van der Waals surface area (Å²) in [5, 5.41) is 3.39. The van der Waals surface area contributed by atoms with Gasteiger partial charge in [-0.1, -0.05) is 31.4 Å². The highest BCUT2D eigenvalue weighted by molar-refractivity contribution is 6.29. The lowest BCUT2D eigenvalue weighted by atomic mass is 10.2. The van der Waals surface area contributed by atoms with Gasteiger partial charge < -0.3 is 5.32 Å². The highest BCUT2D eigenvalue weighted by Gasteiger charge is 2.05. The van der Waals surface area contributed by atoms with Gasteiger partial charge in [0.1, 0.15) is 16.8 Å². The molecule has 14 heavy (non-hydrogen) atoms. The minimum atomic E-state index is 0.250. The van der Waals surface area contributed by atoms with Crippen molar-refractivity contribution in [3.63, 3.8) is 0 Å². The summed E-state index contributed by atoms with van der Waals surface area (Å²) in [7, 11) is 0. The molecule has 0 fully saturated rings. The largest absolute Gasteiger partial charge is 0.359 e. The van der Waals surface area contributed by atoms with Crippen LogP contribution in [0.5, 0.6) is 0 Å². The van der Waals surface area contributed by atoms with Gasteiger partial charge in [0.2, 0.25) is 0 Å². The first-order chi connectivity index (χ1) is 6.63. The Morgan fingerprint density at radius 3 is 2.86 bits per heavy atom. The lowest BCUT2D eigenvalue weighted by molar-refractivity contribution is 0.775. The van der Waals surface area contributed by atoms with E-state index in [9.17, 15) is 0 Å². The summed E-state index contributed by atoms with van der Waals surface area (Å²) in [5.74, 6) is 4.11. The van der Waals surface area contributed by atoms with Crippen LogP contribution in [0, 0.1) is 12.3 Å². The number of nitrogens with zero attached hydrogens (tertiary/aromatic N) is 2. The van der Waals surface area contributed by atoms with Crippen molar-refractivity contribution in [3.8, 4) is 12.3 Å². The molecule has 0 aromatic carbocycles. The van der Waals surface area contributed by atoms with Crippen molar-refractivity contribution in [2.75, 3.05) is 11.9 Å². The molecule has 0 bridgehead atoms. The quantitative estimate of drug-likeness (QED) is 0.613. The molecule has 4 heteroatoms. The second-order valence-electron chi connectivity index (χ2n) is 3.15. The number of nitrogens with one attached hydrogen (secondary N) is 1. The van der Waals surface area contributed by atoms with Crippen molar-refractivity contribution in [2.24, 2.45) is 0 Å². The third-order valence-electron chi connectivity index (χ3n) is 1.60. The van der Waals surface area contributed by atoms with Crippen molar-refractivity contribution in [1.29, 1.82) is 0 Å². The molecule has 1 rings (SSSR count). The van der Waals surface area contributed by atoms with Gasteiger partial charge >= 0.3 is 0 Å². The minimum absolute atomic E-state index is 0.250. The van der Waals surface area contributed by atoms with Gasteiger partial charge in [0.05, 0.1) is 6.54 Å². The molecule has 0 amide bonds. The van der Waals surface area contributed by atoms with E-state index < -0.39 is 0 Å². The van der Waals surface area contributed by atoms with Crippen LogP contribution in [0.1, 0.15) is 25.6 Å². The van der Waals surface area contributed by atoms with Crippen molar-refractivity contribution in [3.05, 3.63) is 17.0 Å². The molecule has 0 atom stereocenters. The van der Waals surface area contributed by atoms with Crippen LogP contribution in [-0.4, -0.2) is 16.5 Å². The molecule has 74 valence electrons. The van der Waals surface area contributed by atoms with Gasteiger partial charge in [-0.25, -0.2) is 9.97 Å². The Labute approximate surface area is 88.9 Å². The summed E-state index contributed by atoms with van der Waals surface area (Å²) < 4.78 is 0. The Morgan fingerprint density at radius 1 is 1.57 bits per heavy atom. The van der Waals surface area contributed by atoms with Crippen LogP contribution in [0.4, 0.5) is 5.82 Å². The number of terminal acetylenes is 1. The molecule has 0 saturated heterocycles. The molecule has 0 unspecified atom stereocenters.